The lowest BCUT2D eigenvalue weighted by atomic mass is 10.2. The van der Waals surface area contributed by atoms with E-state index >= 15 is 0 Å². The maximum absolute atomic E-state index is 11.5. The molecule has 0 aliphatic heterocycles. The third-order valence-corrected chi connectivity index (χ3v) is 4.21. The third kappa shape index (κ3) is 3.44. The second kappa shape index (κ2) is 6.52. The van der Waals surface area contributed by atoms with Crippen LogP contribution in [0.25, 0.3) is 10.8 Å². The average molecular weight is 275 g/mol. The van der Waals surface area contributed by atoms with E-state index in [-0.39, 0.29) is 11.2 Å². The molecule has 0 bridgehead atoms. The lowest BCUT2D eigenvalue weighted by Gasteiger charge is -2.12. The Morgan fingerprint density at radius 1 is 1.42 bits per heavy atom. The first kappa shape index (κ1) is 13.8. The Hall–Kier alpha value is -1.62. The van der Waals surface area contributed by atoms with Crippen molar-refractivity contribution in [3.05, 3.63) is 30.5 Å². The number of thioether (sulfide) groups is 1. The zero-order valence-electron chi connectivity index (χ0n) is 10.9. The van der Waals surface area contributed by atoms with Gasteiger partial charge in [0.1, 0.15) is 5.03 Å². The van der Waals surface area contributed by atoms with Gasteiger partial charge in [-0.1, -0.05) is 55.8 Å². The fraction of sp³-hybridized carbons (Fsp3) is 0.357. The predicted molar refractivity (Wildman–Crippen MR) is 77.9 cm³/mol. The number of nitrogens with two attached hydrogens (primary N) is 1. The quantitative estimate of drug-likeness (QED) is 0.823. The molecule has 1 aromatic heterocycles. The summed E-state index contributed by atoms with van der Waals surface area (Å²) in [5, 5.41) is 10.7. The normalized spacial score (nSPS) is 12.5. The molecule has 0 spiro atoms. The first-order chi connectivity index (χ1) is 9.22. The molecule has 19 heavy (non-hydrogen) atoms. The predicted octanol–water partition coefficient (Wildman–Crippen LogP) is 2.77. The summed E-state index contributed by atoms with van der Waals surface area (Å²) < 4.78 is 0. The molecule has 2 rings (SSSR count). The molecule has 5 heteroatoms. The van der Waals surface area contributed by atoms with E-state index in [1.165, 1.54) is 11.8 Å². The van der Waals surface area contributed by atoms with Crippen LogP contribution in [0.4, 0.5) is 0 Å². The van der Waals surface area contributed by atoms with Crippen LogP contribution in [0.3, 0.4) is 0 Å². The number of unbranched alkanes of at least 4 members (excludes halogenated alkanes) is 1. The van der Waals surface area contributed by atoms with Gasteiger partial charge in [-0.15, -0.1) is 5.10 Å². The molecule has 2 N–H and O–H groups in total. The number of hydrogen-bond acceptors (Lipinski definition) is 4. The Morgan fingerprint density at radius 3 is 2.95 bits per heavy atom. The van der Waals surface area contributed by atoms with Crippen LogP contribution in [0.1, 0.15) is 26.2 Å². The molecular weight excluding hydrogens is 258 g/mol. The number of carbonyl (C=O) groups excluding carboxylic acids is 1. The molecule has 0 saturated heterocycles. The van der Waals surface area contributed by atoms with Crippen LogP contribution >= 0.6 is 11.8 Å². The molecule has 1 amide bonds. The number of rotatable bonds is 6. The van der Waals surface area contributed by atoms with E-state index in [0.717, 1.165) is 35.1 Å². The number of amides is 1. The summed E-state index contributed by atoms with van der Waals surface area (Å²) in [4.78, 5) is 11.5. The zero-order chi connectivity index (χ0) is 13.7. The summed E-state index contributed by atoms with van der Waals surface area (Å²) in [5.74, 6) is -0.284. The van der Waals surface area contributed by atoms with E-state index in [4.69, 9.17) is 5.73 Å². The maximum atomic E-state index is 11.5. The fourth-order valence-corrected chi connectivity index (χ4v) is 2.95. The molecule has 0 saturated carbocycles. The summed E-state index contributed by atoms with van der Waals surface area (Å²) in [6.45, 7) is 2.10. The highest BCUT2D eigenvalue weighted by Crippen LogP contribution is 2.30. The zero-order valence-corrected chi connectivity index (χ0v) is 11.7. The highest BCUT2D eigenvalue weighted by atomic mass is 32.2. The molecular formula is C14H17N3OS. The van der Waals surface area contributed by atoms with Crippen LogP contribution in [-0.2, 0) is 4.79 Å². The van der Waals surface area contributed by atoms with Crippen molar-refractivity contribution in [2.45, 2.75) is 36.5 Å². The lowest BCUT2D eigenvalue weighted by Crippen LogP contribution is -2.25. The first-order valence-corrected chi connectivity index (χ1v) is 7.26. The third-order valence-electron chi connectivity index (χ3n) is 2.93. The van der Waals surface area contributed by atoms with E-state index in [0.29, 0.717) is 0 Å². The molecule has 1 atom stereocenters. The van der Waals surface area contributed by atoms with Crippen molar-refractivity contribution in [1.29, 1.82) is 0 Å². The smallest absolute Gasteiger partial charge is 0.230 e. The van der Waals surface area contributed by atoms with Gasteiger partial charge in [-0.2, -0.15) is 5.10 Å². The summed E-state index contributed by atoms with van der Waals surface area (Å²) in [5.41, 5.74) is 5.46. The van der Waals surface area contributed by atoms with Crippen LogP contribution in [-0.4, -0.2) is 21.4 Å². The number of aromatic nitrogens is 2. The van der Waals surface area contributed by atoms with Crippen molar-refractivity contribution in [3.63, 3.8) is 0 Å². The Bertz CT molecular complexity index is 568. The Balaban J connectivity index is 2.26. The lowest BCUT2D eigenvalue weighted by molar-refractivity contribution is -0.117. The maximum Gasteiger partial charge on any atom is 0.230 e. The molecule has 4 nitrogen and oxygen atoms in total. The van der Waals surface area contributed by atoms with Crippen LogP contribution in [0.5, 0.6) is 0 Å². The van der Waals surface area contributed by atoms with Gasteiger partial charge >= 0.3 is 0 Å². The number of hydrogen-bond donors (Lipinski definition) is 1. The van der Waals surface area contributed by atoms with Gasteiger partial charge in [0.25, 0.3) is 0 Å². The molecule has 1 unspecified atom stereocenters. The number of nitrogens with zero attached hydrogens (tertiary/aromatic N) is 2. The molecule has 1 heterocycles. The van der Waals surface area contributed by atoms with E-state index in [2.05, 4.69) is 17.1 Å². The van der Waals surface area contributed by atoms with Crippen molar-refractivity contribution in [2.75, 3.05) is 0 Å². The second-order valence-electron chi connectivity index (χ2n) is 4.39. The van der Waals surface area contributed by atoms with Crippen molar-refractivity contribution >= 4 is 28.4 Å². The van der Waals surface area contributed by atoms with Crippen molar-refractivity contribution in [1.82, 2.24) is 10.2 Å². The van der Waals surface area contributed by atoms with Gasteiger partial charge in [0.2, 0.25) is 5.91 Å². The number of benzene rings is 1. The summed E-state index contributed by atoms with van der Waals surface area (Å²) in [6, 6.07) is 7.89. The SMILES string of the molecule is CCCCC(Sc1nncc2ccccc12)C(N)=O. The molecule has 1 aromatic carbocycles. The van der Waals surface area contributed by atoms with Gasteiger partial charge in [-0.3, -0.25) is 4.79 Å². The molecule has 100 valence electrons. The highest BCUT2D eigenvalue weighted by molar-refractivity contribution is 8.00. The van der Waals surface area contributed by atoms with Crippen LogP contribution < -0.4 is 5.73 Å². The summed E-state index contributed by atoms with van der Waals surface area (Å²) in [6.07, 6.45) is 4.54. The fourth-order valence-electron chi connectivity index (χ4n) is 1.87. The van der Waals surface area contributed by atoms with Gasteiger partial charge in [0, 0.05) is 10.8 Å². The number of fused-ring (bicyclic) bond motifs is 1. The second-order valence-corrected chi connectivity index (χ2v) is 5.58. The van der Waals surface area contributed by atoms with Crippen molar-refractivity contribution < 1.29 is 4.79 Å². The summed E-state index contributed by atoms with van der Waals surface area (Å²) in [7, 11) is 0. The monoisotopic (exact) mass is 275 g/mol. The first-order valence-electron chi connectivity index (χ1n) is 6.38. The number of primary amides is 1. The van der Waals surface area contributed by atoms with E-state index in [1.807, 2.05) is 24.3 Å². The average Bonchev–Trinajstić information content (AvgIpc) is 2.43. The largest absolute Gasteiger partial charge is 0.369 e. The van der Waals surface area contributed by atoms with Crippen LogP contribution in [0.15, 0.2) is 35.5 Å². The molecule has 2 aromatic rings. The minimum atomic E-state index is -0.284. The van der Waals surface area contributed by atoms with Gasteiger partial charge in [-0.05, 0) is 6.42 Å². The highest BCUT2D eigenvalue weighted by Gasteiger charge is 2.18. The van der Waals surface area contributed by atoms with Crippen molar-refractivity contribution in [2.24, 2.45) is 5.73 Å². The standard InChI is InChI=1S/C14H17N3OS/c1-2-3-8-12(13(15)18)19-14-11-7-5-4-6-10(11)9-16-17-14/h4-7,9,12H,2-3,8H2,1H3,(H2,15,18). The topological polar surface area (TPSA) is 68.9 Å². The molecule has 0 aliphatic carbocycles. The van der Waals surface area contributed by atoms with Gasteiger partial charge in [0.05, 0.1) is 11.4 Å². The Morgan fingerprint density at radius 2 is 2.21 bits per heavy atom. The van der Waals surface area contributed by atoms with Gasteiger partial charge < -0.3 is 5.73 Å². The van der Waals surface area contributed by atoms with E-state index in [9.17, 15) is 4.79 Å². The van der Waals surface area contributed by atoms with Gasteiger partial charge in [0.15, 0.2) is 0 Å². The minimum absolute atomic E-state index is 0.236. The number of carbonyl (C=O) groups is 1. The molecule has 0 radical (unpaired) electrons. The molecule has 0 aliphatic rings. The minimum Gasteiger partial charge on any atom is -0.369 e. The van der Waals surface area contributed by atoms with Crippen LogP contribution in [0.2, 0.25) is 0 Å². The van der Waals surface area contributed by atoms with Gasteiger partial charge in [-0.25, -0.2) is 0 Å². The Kier molecular flexibility index (Phi) is 4.74. The molecule has 0 fully saturated rings. The van der Waals surface area contributed by atoms with E-state index in [1.54, 1.807) is 6.20 Å². The van der Waals surface area contributed by atoms with E-state index < -0.39 is 0 Å². The Labute approximate surface area is 116 Å². The van der Waals surface area contributed by atoms with Crippen LogP contribution in [0, 0.1) is 0 Å². The van der Waals surface area contributed by atoms with Crippen molar-refractivity contribution in [3.8, 4) is 0 Å². The summed E-state index contributed by atoms with van der Waals surface area (Å²) >= 11 is 1.42.